The minimum atomic E-state index is -0.810. The normalized spacial score (nSPS) is 30.5. The van der Waals surface area contributed by atoms with E-state index in [9.17, 15) is 24.9 Å². The van der Waals surface area contributed by atoms with Gasteiger partial charge in [0, 0.05) is 12.0 Å². The van der Waals surface area contributed by atoms with E-state index in [-0.39, 0.29) is 30.8 Å². The molecule has 1 heterocycles. The molecule has 0 aromatic rings. The molecule has 148 valence electrons. The van der Waals surface area contributed by atoms with Gasteiger partial charge in [-0.25, -0.2) is 9.59 Å². The summed E-state index contributed by atoms with van der Waals surface area (Å²) in [6.07, 6.45) is 4.82. The standard InChI is InChI=1S/C20H26O7/c1-3-15(11-23)20(25)27-17-8-14(10-22)6-4-5-13(9-21)7-16-18(17)12(2)19(24)26-16/h3,6-7,16-18,21-23H,2,4-5,8-11H2,1H3/b13-7-,14-6-,15-3-/t16-,17+,18-/m1/s1. The van der Waals surface area contributed by atoms with Gasteiger partial charge in [-0.3, -0.25) is 0 Å². The number of aliphatic hydroxyl groups is 3. The Bertz CT molecular complexity index is 686. The number of carbonyl (C=O) groups is 2. The van der Waals surface area contributed by atoms with E-state index in [0.717, 1.165) is 0 Å². The van der Waals surface area contributed by atoms with Crippen LogP contribution in [-0.4, -0.2) is 59.3 Å². The van der Waals surface area contributed by atoms with Gasteiger partial charge in [-0.1, -0.05) is 18.7 Å². The van der Waals surface area contributed by atoms with Crippen LogP contribution >= 0.6 is 0 Å². The largest absolute Gasteiger partial charge is 0.458 e. The minimum absolute atomic E-state index is 0.0978. The number of carbonyl (C=O) groups excluding carboxylic acids is 2. The molecule has 1 aliphatic heterocycles. The molecule has 0 spiro atoms. The Balaban J connectivity index is 2.43. The number of allylic oxidation sites excluding steroid dienone is 2. The number of hydrogen-bond acceptors (Lipinski definition) is 7. The highest BCUT2D eigenvalue weighted by Gasteiger charge is 2.44. The predicted molar refractivity (Wildman–Crippen MR) is 97.4 cm³/mol. The second-order valence-corrected chi connectivity index (χ2v) is 6.58. The summed E-state index contributed by atoms with van der Waals surface area (Å²) < 4.78 is 11.0. The quantitative estimate of drug-likeness (QED) is 0.371. The Morgan fingerprint density at radius 1 is 1.33 bits per heavy atom. The Labute approximate surface area is 158 Å². The van der Waals surface area contributed by atoms with Crippen LogP contribution in [0.25, 0.3) is 0 Å². The Hall–Kier alpha value is -2.22. The summed E-state index contributed by atoms with van der Waals surface area (Å²) in [4.78, 5) is 24.5. The Morgan fingerprint density at radius 2 is 2.04 bits per heavy atom. The molecule has 0 aromatic heterocycles. The summed E-state index contributed by atoms with van der Waals surface area (Å²) in [5.74, 6) is -1.92. The van der Waals surface area contributed by atoms with Gasteiger partial charge in [0.15, 0.2) is 0 Å². The molecule has 0 amide bonds. The van der Waals surface area contributed by atoms with Crippen molar-refractivity contribution in [3.05, 3.63) is 47.1 Å². The fourth-order valence-electron chi connectivity index (χ4n) is 3.29. The molecule has 0 unspecified atom stereocenters. The lowest BCUT2D eigenvalue weighted by atomic mass is 9.85. The summed E-state index contributed by atoms with van der Waals surface area (Å²) in [7, 11) is 0. The lowest BCUT2D eigenvalue weighted by Gasteiger charge is -2.28. The molecular weight excluding hydrogens is 352 g/mol. The molecule has 1 aliphatic carbocycles. The molecule has 3 atom stereocenters. The highest BCUT2D eigenvalue weighted by molar-refractivity contribution is 5.92. The Kier molecular flexibility index (Phi) is 7.53. The first-order valence-corrected chi connectivity index (χ1v) is 8.91. The average molecular weight is 378 g/mol. The maximum atomic E-state index is 12.4. The predicted octanol–water partition coefficient (Wildman–Crippen LogP) is 0.956. The highest BCUT2D eigenvalue weighted by Crippen LogP contribution is 2.36. The van der Waals surface area contributed by atoms with E-state index < -0.39 is 36.7 Å². The van der Waals surface area contributed by atoms with Gasteiger partial charge in [-0.05, 0) is 37.0 Å². The van der Waals surface area contributed by atoms with E-state index in [0.29, 0.717) is 24.0 Å². The van der Waals surface area contributed by atoms with Crippen LogP contribution in [0, 0.1) is 5.92 Å². The van der Waals surface area contributed by atoms with Crippen molar-refractivity contribution in [3.63, 3.8) is 0 Å². The monoisotopic (exact) mass is 378 g/mol. The fourth-order valence-corrected chi connectivity index (χ4v) is 3.29. The molecule has 2 rings (SSSR count). The Morgan fingerprint density at radius 3 is 2.63 bits per heavy atom. The van der Waals surface area contributed by atoms with Gasteiger partial charge in [0.05, 0.1) is 31.3 Å². The van der Waals surface area contributed by atoms with Crippen LogP contribution < -0.4 is 0 Å². The van der Waals surface area contributed by atoms with Crippen LogP contribution in [0.1, 0.15) is 26.2 Å². The van der Waals surface area contributed by atoms with Crippen LogP contribution in [0.3, 0.4) is 0 Å². The lowest BCUT2D eigenvalue weighted by molar-refractivity contribution is -0.147. The maximum Gasteiger partial charge on any atom is 0.336 e. The van der Waals surface area contributed by atoms with Crippen LogP contribution in [0.15, 0.2) is 47.1 Å². The molecule has 0 bridgehead atoms. The third-order valence-electron chi connectivity index (χ3n) is 4.87. The third-order valence-corrected chi connectivity index (χ3v) is 4.87. The molecule has 2 aliphatic rings. The molecule has 7 heteroatoms. The molecule has 27 heavy (non-hydrogen) atoms. The molecular formula is C20H26O7. The van der Waals surface area contributed by atoms with Crippen molar-refractivity contribution in [2.75, 3.05) is 19.8 Å². The molecule has 1 saturated heterocycles. The van der Waals surface area contributed by atoms with E-state index in [1.54, 1.807) is 13.0 Å². The van der Waals surface area contributed by atoms with Crippen molar-refractivity contribution in [1.29, 1.82) is 0 Å². The minimum Gasteiger partial charge on any atom is -0.458 e. The van der Waals surface area contributed by atoms with Gasteiger partial charge in [-0.15, -0.1) is 0 Å². The van der Waals surface area contributed by atoms with Gasteiger partial charge >= 0.3 is 11.9 Å². The first-order chi connectivity index (χ1) is 12.9. The zero-order valence-electron chi connectivity index (χ0n) is 15.4. The van der Waals surface area contributed by atoms with E-state index in [2.05, 4.69) is 6.58 Å². The molecule has 1 fully saturated rings. The summed E-state index contributed by atoms with van der Waals surface area (Å²) in [6.45, 7) is 4.52. The fraction of sp³-hybridized carbons (Fsp3) is 0.500. The van der Waals surface area contributed by atoms with Crippen molar-refractivity contribution in [2.45, 2.75) is 38.4 Å². The summed E-state index contributed by atoms with van der Waals surface area (Å²) >= 11 is 0. The molecule has 3 N–H and O–H groups in total. The lowest BCUT2D eigenvalue weighted by Crippen LogP contribution is -2.34. The highest BCUT2D eigenvalue weighted by atomic mass is 16.6. The van der Waals surface area contributed by atoms with Crippen LogP contribution in [0.4, 0.5) is 0 Å². The molecule has 0 radical (unpaired) electrons. The van der Waals surface area contributed by atoms with Gasteiger partial charge < -0.3 is 24.8 Å². The van der Waals surface area contributed by atoms with Crippen LogP contribution in [0.5, 0.6) is 0 Å². The SMILES string of the molecule is C=C1C(=O)O[C@@H]2/C=C(\CO)CC/C=C(\CO)C[C@H](OC(=O)/C(=C\C)CO)[C@H]12. The van der Waals surface area contributed by atoms with E-state index >= 15 is 0 Å². The van der Waals surface area contributed by atoms with Gasteiger partial charge in [0.1, 0.15) is 12.2 Å². The number of fused-ring (bicyclic) bond motifs is 1. The van der Waals surface area contributed by atoms with Crippen molar-refractivity contribution in [2.24, 2.45) is 5.92 Å². The zero-order valence-corrected chi connectivity index (χ0v) is 15.4. The summed E-state index contributed by atoms with van der Waals surface area (Å²) in [6, 6.07) is 0. The number of rotatable bonds is 5. The van der Waals surface area contributed by atoms with Crippen molar-refractivity contribution in [3.8, 4) is 0 Å². The number of aliphatic hydroxyl groups excluding tert-OH is 3. The van der Waals surface area contributed by atoms with Gasteiger partial charge in [-0.2, -0.15) is 0 Å². The van der Waals surface area contributed by atoms with Crippen LogP contribution in [-0.2, 0) is 19.1 Å². The van der Waals surface area contributed by atoms with E-state index in [1.807, 2.05) is 6.08 Å². The number of ether oxygens (including phenoxy) is 2. The maximum absolute atomic E-state index is 12.4. The second-order valence-electron chi connectivity index (χ2n) is 6.58. The van der Waals surface area contributed by atoms with Crippen molar-refractivity contribution >= 4 is 11.9 Å². The number of esters is 2. The zero-order chi connectivity index (χ0) is 20.0. The summed E-state index contributed by atoms with van der Waals surface area (Å²) in [5.41, 5.74) is 1.62. The van der Waals surface area contributed by atoms with E-state index in [1.165, 1.54) is 6.08 Å². The van der Waals surface area contributed by atoms with Gasteiger partial charge in [0.2, 0.25) is 0 Å². The number of hydrogen-bond donors (Lipinski definition) is 3. The smallest absolute Gasteiger partial charge is 0.336 e. The first kappa shape index (κ1) is 21.1. The average Bonchev–Trinajstić information content (AvgIpc) is 2.93. The van der Waals surface area contributed by atoms with Crippen LogP contribution in [0.2, 0.25) is 0 Å². The van der Waals surface area contributed by atoms with Gasteiger partial charge in [0.25, 0.3) is 0 Å². The second kappa shape index (κ2) is 9.64. The summed E-state index contributed by atoms with van der Waals surface area (Å²) in [5, 5.41) is 28.5. The topological polar surface area (TPSA) is 113 Å². The third kappa shape index (κ3) is 4.94. The van der Waals surface area contributed by atoms with Crippen molar-refractivity contribution in [1.82, 2.24) is 0 Å². The van der Waals surface area contributed by atoms with Crippen molar-refractivity contribution < 1.29 is 34.4 Å². The molecule has 0 aromatic carbocycles. The molecule has 0 saturated carbocycles. The molecule has 7 nitrogen and oxygen atoms in total. The van der Waals surface area contributed by atoms with E-state index in [4.69, 9.17) is 9.47 Å². The first-order valence-electron chi connectivity index (χ1n) is 8.91.